The van der Waals surface area contributed by atoms with E-state index in [1.807, 2.05) is 55.5 Å². The fraction of sp³-hybridized carbons (Fsp3) is 0.0588. The molecule has 0 unspecified atom stereocenters. The van der Waals surface area contributed by atoms with Crippen molar-refractivity contribution in [2.75, 3.05) is 5.43 Å². The van der Waals surface area contributed by atoms with Gasteiger partial charge in [-0.1, -0.05) is 48.0 Å². The lowest BCUT2D eigenvalue weighted by atomic mass is 10.1. The predicted molar refractivity (Wildman–Crippen MR) is 95.6 cm³/mol. The summed E-state index contributed by atoms with van der Waals surface area (Å²) in [6, 6.07) is 15.4. The second kappa shape index (κ2) is 5.90. The zero-order valence-corrected chi connectivity index (χ0v) is 13.6. The molecule has 0 fully saturated rings. The van der Waals surface area contributed by atoms with Crippen LogP contribution in [0.3, 0.4) is 0 Å². The lowest BCUT2D eigenvalue weighted by molar-refractivity contribution is 0.934. The van der Waals surface area contributed by atoms with E-state index in [2.05, 4.69) is 25.8 Å². The molecule has 1 N–H and O–H groups in total. The maximum absolute atomic E-state index is 5.92. The Hall–Kier alpha value is -2.99. The third-order valence-corrected chi connectivity index (χ3v) is 4.00. The smallest absolute Gasteiger partial charge is 0.185 e. The van der Waals surface area contributed by atoms with Gasteiger partial charge < -0.3 is 0 Å². The van der Waals surface area contributed by atoms with Crippen LogP contribution in [0.4, 0.5) is 5.82 Å². The van der Waals surface area contributed by atoms with Gasteiger partial charge in [-0.25, -0.2) is 0 Å². The molecule has 0 saturated heterocycles. The van der Waals surface area contributed by atoms with Gasteiger partial charge in [-0.15, -0.1) is 15.3 Å². The number of aromatic nitrogens is 4. The first kappa shape index (κ1) is 14.6. The van der Waals surface area contributed by atoms with E-state index < -0.39 is 0 Å². The quantitative estimate of drug-likeness (QED) is 0.457. The van der Waals surface area contributed by atoms with E-state index in [1.165, 1.54) is 0 Å². The number of nitrogens with zero attached hydrogens (tertiary/aromatic N) is 5. The lowest BCUT2D eigenvalue weighted by Gasteiger charge is -2.07. The van der Waals surface area contributed by atoms with E-state index in [9.17, 15) is 0 Å². The highest BCUT2D eigenvalue weighted by molar-refractivity contribution is 6.30. The van der Waals surface area contributed by atoms with Crippen LogP contribution >= 0.6 is 11.6 Å². The van der Waals surface area contributed by atoms with Crippen LogP contribution in [0.2, 0.25) is 5.02 Å². The average Bonchev–Trinajstić information content (AvgIpc) is 3.08. The highest BCUT2D eigenvalue weighted by Gasteiger charge is 2.09. The first-order valence-corrected chi connectivity index (χ1v) is 7.75. The minimum atomic E-state index is 0.645. The molecule has 4 aromatic rings. The van der Waals surface area contributed by atoms with Crippen LogP contribution in [-0.4, -0.2) is 25.5 Å². The molecule has 2 aromatic carbocycles. The van der Waals surface area contributed by atoms with E-state index in [0.29, 0.717) is 10.8 Å². The number of hydrogen-bond acceptors (Lipinski definition) is 5. The Bertz CT molecular complexity index is 1050. The molecule has 0 atom stereocenters. The first-order valence-electron chi connectivity index (χ1n) is 7.37. The molecule has 0 bridgehead atoms. The highest BCUT2D eigenvalue weighted by Crippen LogP contribution is 2.24. The minimum Gasteiger partial charge on any atom is -0.259 e. The average molecular weight is 337 g/mol. The topological polar surface area (TPSA) is 67.5 Å². The summed E-state index contributed by atoms with van der Waals surface area (Å²) in [6.07, 6.45) is 1.57. The number of fused-ring (bicyclic) bond motifs is 3. The third-order valence-electron chi connectivity index (χ3n) is 3.75. The molecule has 0 amide bonds. The van der Waals surface area contributed by atoms with Gasteiger partial charge in [-0.05, 0) is 24.6 Å². The van der Waals surface area contributed by atoms with Crippen molar-refractivity contribution in [1.29, 1.82) is 0 Å². The van der Waals surface area contributed by atoms with E-state index in [-0.39, 0.29) is 0 Å². The second-order valence-corrected chi connectivity index (χ2v) is 5.75. The van der Waals surface area contributed by atoms with E-state index in [4.69, 9.17) is 11.6 Å². The monoisotopic (exact) mass is 336 g/mol. The van der Waals surface area contributed by atoms with E-state index >= 15 is 0 Å². The van der Waals surface area contributed by atoms with Gasteiger partial charge in [0.2, 0.25) is 0 Å². The van der Waals surface area contributed by atoms with Crippen molar-refractivity contribution in [1.82, 2.24) is 19.8 Å². The van der Waals surface area contributed by atoms with Crippen LogP contribution in [0, 0.1) is 0 Å². The molecule has 0 aliphatic carbocycles. The molecular weight excluding hydrogens is 324 g/mol. The maximum atomic E-state index is 5.92. The van der Waals surface area contributed by atoms with Gasteiger partial charge in [0.05, 0.1) is 5.71 Å². The van der Waals surface area contributed by atoms with Crippen molar-refractivity contribution in [3.05, 3.63) is 65.4 Å². The van der Waals surface area contributed by atoms with Crippen molar-refractivity contribution >= 4 is 39.6 Å². The van der Waals surface area contributed by atoms with Crippen LogP contribution in [0.5, 0.6) is 0 Å². The SMILES string of the molecule is CC(=NNc1nn2cnnc2c2ccccc12)c1ccc(Cl)cc1. The van der Waals surface area contributed by atoms with Crippen molar-refractivity contribution in [3.8, 4) is 0 Å². The Labute approximate surface area is 142 Å². The Balaban J connectivity index is 1.75. The Kier molecular flexibility index (Phi) is 3.59. The third kappa shape index (κ3) is 2.57. The van der Waals surface area contributed by atoms with Crippen molar-refractivity contribution in [3.63, 3.8) is 0 Å². The van der Waals surface area contributed by atoms with Crippen LogP contribution in [0.25, 0.3) is 16.4 Å². The number of hydrogen-bond donors (Lipinski definition) is 1. The molecule has 0 spiro atoms. The number of halogens is 1. The summed E-state index contributed by atoms with van der Waals surface area (Å²) >= 11 is 5.92. The molecule has 7 heteroatoms. The van der Waals surface area contributed by atoms with Crippen LogP contribution in [0.15, 0.2) is 60.0 Å². The molecule has 0 aliphatic heterocycles. The van der Waals surface area contributed by atoms with Crippen LogP contribution in [0.1, 0.15) is 12.5 Å². The van der Waals surface area contributed by atoms with Gasteiger partial charge in [0.1, 0.15) is 6.33 Å². The van der Waals surface area contributed by atoms with Crippen molar-refractivity contribution < 1.29 is 0 Å². The molecule has 118 valence electrons. The standard InChI is InChI=1S/C17H13ClN6/c1-11(12-6-8-13(18)9-7-12)20-21-16-14-4-2-3-5-15(14)17-22-19-10-24(17)23-16/h2-10H,1H3,(H,21,23). The Morgan fingerprint density at radius 1 is 1.08 bits per heavy atom. The van der Waals surface area contributed by atoms with Gasteiger partial charge in [-0.3, -0.25) is 5.43 Å². The summed E-state index contributed by atoms with van der Waals surface area (Å²) < 4.78 is 1.64. The van der Waals surface area contributed by atoms with E-state index in [0.717, 1.165) is 27.7 Å². The fourth-order valence-corrected chi connectivity index (χ4v) is 2.63. The second-order valence-electron chi connectivity index (χ2n) is 5.31. The molecule has 4 rings (SSSR count). The largest absolute Gasteiger partial charge is 0.259 e. The summed E-state index contributed by atoms with van der Waals surface area (Å²) in [5, 5.41) is 19.6. The minimum absolute atomic E-state index is 0.645. The van der Waals surface area contributed by atoms with Crippen LogP contribution in [-0.2, 0) is 0 Å². The fourth-order valence-electron chi connectivity index (χ4n) is 2.50. The molecule has 24 heavy (non-hydrogen) atoms. The van der Waals surface area contributed by atoms with Gasteiger partial charge in [-0.2, -0.15) is 9.62 Å². The number of nitrogens with one attached hydrogen (secondary N) is 1. The van der Waals surface area contributed by atoms with Gasteiger partial charge in [0.25, 0.3) is 0 Å². The van der Waals surface area contributed by atoms with Crippen LogP contribution < -0.4 is 5.43 Å². The normalized spacial score (nSPS) is 12.0. The molecule has 0 aliphatic rings. The number of anilines is 1. The lowest BCUT2D eigenvalue weighted by Crippen LogP contribution is -2.03. The Morgan fingerprint density at radius 2 is 1.83 bits per heavy atom. The summed E-state index contributed by atoms with van der Waals surface area (Å²) in [4.78, 5) is 0. The van der Waals surface area contributed by atoms with E-state index in [1.54, 1.807) is 10.8 Å². The zero-order valence-electron chi connectivity index (χ0n) is 12.8. The summed E-state index contributed by atoms with van der Waals surface area (Å²) in [5.41, 5.74) is 5.59. The number of rotatable bonds is 3. The highest BCUT2D eigenvalue weighted by atomic mass is 35.5. The molecule has 0 saturated carbocycles. The predicted octanol–water partition coefficient (Wildman–Crippen LogP) is 3.77. The summed E-state index contributed by atoms with van der Waals surface area (Å²) in [5.74, 6) is 0.645. The molecular formula is C17H13ClN6. The molecule has 6 nitrogen and oxygen atoms in total. The summed E-state index contributed by atoms with van der Waals surface area (Å²) in [7, 11) is 0. The van der Waals surface area contributed by atoms with Crippen molar-refractivity contribution in [2.24, 2.45) is 5.10 Å². The molecule has 2 heterocycles. The summed E-state index contributed by atoms with van der Waals surface area (Å²) in [6.45, 7) is 1.93. The first-order chi connectivity index (χ1) is 11.7. The van der Waals surface area contributed by atoms with Gasteiger partial charge in [0.15, 0.2) is 11.5 Å². The molecule has 2 aromatic heterocycles. The number of benzene rings is 2. The zero-order chi connectivity index (χ0) is 16.5. The Morgan fingerprint density at radius 3 is 2.62 bits per heavy atom. The van der Waals surface area contributed by atoms with Crippen molar-refractivity contribution in [2.45, 2.75) is 6.92 Å². The van der Waals surface area contributed by atoms with Gasteiger partial charge >= 0.3 is 0 Å². The van der Waals surface area contributed by atoms with Gasteiger partial charge in [0, 0.05) is 15.8 Å². The maximum Gasteiger partial charge on any atom is 0.185 e. The number of hydrazone groups is 1. The molecule has 0 radical (unpaired) electrons.